The Morgan fingerprint density at radius 1 is 1.12 bits per heavy atom. The molecule has 10 heteroatoms. The Morgan fingerprint density at radius 3 is 2.59 bits per heavy atom. The molecule has 1 atom stereocenters. The van der Waals surface area contributed by atoms with E-state index in [-0.39, 0.29) is 12.2 Å². The third-order valence-corrected chi connectivity index (χ3v) is 8.38. The lowest BCUT2D eigenvalue weighted by molar-refractivity contribution is -0.139. The summed E-state index contributed by atoms with van der Waals surface area (Å²) in [6.07, 6.45) is 1.80. The minimum absolute atomic E-state index is 0.200. The Hall–Kier alpha value is -3.66. The molecule has 210 valence electrons. The van der Waals surface area contributed by atoms with E-state index in [2.05, 4.69) is 20.9 Å². The molecule has 0 saturated carbocycles. The average molecular weight is 654 g/mol. The van der Waals surface area contributed by atoms with Gasteiger partial charge in [0.25, 0.3) is 5.56 Å². The number of ether oxygens (including phenoxy) is 3. The van der Waals surface area contributed by atoms with Crippen LogP contribution in [0, 0.1) is 0 Å². The van der Waals surface area contributed by atoms with E-state index in [4.69, 9.17) is 25.8 Å². The molecule has 7 nitrogen and oxygen atoms in total. The second kappa shape index (κ2) is 12.5. The van der Waals surface area contributed by atoms with Crippen molar-refractivity contribution in [1.29, 1.82) is 0 Å². The SMILES string of the molecule is CCOC(=O)C1=C(C)N=c2s/c(=C/c3ccccc3OCc3ccc(Cl)cc3)c(=O)n2[C@H]1c1ccc(OC)c(Br)c1. The van der Waals surface area contributed by atoms with Crippen LogP contribution in [0.2, 0.25) is 5.02 Å². The minimum Gasteiger partial charge on any atom is -0.496 e. The second-order valence-electron chi connectivity index (χ2n) is 9.15. The zero-order chi connectivity index (χ0) is 29.1. The van der Waals surface area contributed by atoms with Crippen molar-refractivity contribution in [3.8, 4) is 11.5 Å². The number of thiazole rings is 1. The lowest BCUT2D eigenvalue weighted by atomic mass is 9.96. The smallest absolute Gasteiger partial charge is 0.338 e. The molecule has 41 heavy (non-hydrogen) atoms. The normalized spacial score (nSPS) is 14.9. The van der Waals surface area contributed by atoms with Crippen molar-refractivity contribution in [3.05, 3.63) is 124 Å². The van der Waals surface area contributed by atoms with Crippen LogP contribution < -0.4 is 24.4 Å². The van der Waals surface area contributed by atoms with Gasteiger partial charge in [0.15, 0.2) is 4.80 Å². The van der Waals surface area contributed by atoms with E-state index < -0.39 is 12.0 Å². The highest BCUT2D eigenvalue weighted by Crippen LogP contribution is 2.35. The first-order chi connectivity index (χ1) is 19.8. The fourth-order valence-electron chi connectivity index (χ4n) is 4.57. The van der Waals surface area contributed by atoms with Crippen LogP contribution in [0.25, 0.3) is 6.08 Å². The predicted molar refractivity (Wildman–Crippen MR) is 163 cm³/mol. The largest absolute Gasteiger partial charge is 0.496 e. The molecule has 0 bridgehead atoms. The minimum atomic E-state index is -0.731. The van der Waals surface area contributed by atoms with E-state index >= 15 is 0 Å². The van der Waals surface area contributed by atoms with Crippen LogP contribution in [0.15, 0.2) is 92.3 Å². The molecule has 0 spiro atoms. The third-order valence-electron chi connectivity index (χ3n) is 6.52. The van der Waals surface area contributed by atoms with E-state index in [9.17, 15) is 9.59 Å². The van der Waals surface area contributed by atoms with Gasteiger partial charge in [-0.05, 0) is 77.3 Å². The summed E-state index contributed by atoms with van der Waals surface area (Å²) in [5.74, 6) is 0.753. The molecule has 0 unspecified atom stereocenters. The van der Waals surface area contributed by atoms with Crippen LogP contribution in [0.1, 0.15) is 36.6 Å². The summed E-state index contributed by atoms with van der Waals surface area (Å²) >= 11 is 10.8. The third kappa shape index (κ3) is 6.02. The van der Waals surface area contributed by atoms with Gasteiger partial charge in [-0.15, -0.1) is 0 Å². The summed E-state index contributed by atoms with van der Waals surface area (Å²) < 4.78 is 19.6. The molecule has 0 fully saturated rings. The fraction of sp³-hybridized carbons (Fsp3) is 0.194. The maximum Gasteiger partial charge on any atom is 0.338 e. The summed E-state index contributed by atoms with van der Waals surface area (Å²) in [5.41, 5.74) is 2.98. The first-order valence-corrected chi connectivity index (χ1v) is 14.8. The van der Waals surface area contributed by atoms with Crippen LogP contribution in [-0.4, -0.2) is 24.3 Å². The molecule has 0 N–H and O–H groups in total. The lowest BCUT2D eigenvalue weighted by Crippen LogP contribution is -2.40. The number of allylic oxidation sites excluding steroid dienone is 1. The van der Waals surface area contributed by atoms with E-state index in [1.807, 2.05) is 60.7 Å². The quantitative estimate of drug-likeness (QED) is 0.225. The number of aromatic nitrogens is 1. The van der Waals surface area contributed by atoms with E-state index in [0.717, 1.165) is 16.7 Å². The van der Waals surface area contributed by atoms with Crippen molar-refractivity contribution in [2.45, 2.75) is 26.5 Å². The lowest BCUT2D eigenvalue weighted by Gasteiger charge is -2.25. The number of carbonyl (C=O) groups excluding carboxylic acids is 1. The van der Waals surface area contributed by atoms with Crippen LogP contribution >= 0.6 is 38.9 Å². The Kier molecular flexibility index (Phi) is 8.77. The molecule has 0 aliphatic carbocycles. The van der Waals surface area contributed by atoms with E-state index in [1.165, 1.54) is 11.3 Å². The van der Waals surface area contributed by atoms with Gasteiger partial charge in [0, 0.05) is 10.6 Å². The van der Waals surface area contributed by atoms with Gasteiger partial charge in [-0.2, -0.15) is 0 Å². The molecular weight excluding hydrogens is 628 g/mol. The highest BCUT2D eigenvalue weighted by Gasteiger charge is 2.33. The summed E-state index contributed by atoms with van der Waals surface area (Å²) in [7, 11) is 1.58. The van der Waals surface area contributed by atoms with Gasteiger partial charge in [0.05, 0.1) is 40.0 Å². The number of hydrogen-bond donors (Lipinski definition) is 0. The van der Waals surface area contributed by atoms with Gasteiger partial charge < -0.3 is 14.2 Å². The molecule has 2 heterocycles. The molecule has 0 saturated heterocycles. The van der Waals surface area contributed by atoms with Crippen LogP contribution in [-0.2, 0) is 16.1 Å². The number of rotatable bonds is 8. The summed E-state index contributed by atoms with van der Waals surface area (Å²) in [5, 5.41) is 0.658. The summed E-state index contributed by atoms with van der Waals surface area (Å²) in [6, 6.07) is 19.7. The van der Waals surface area contributed by atoms with Gasteiger partial charge in [-0.3, -0.25) is 9.36 Å². The monoisotopic (exact) mass is 652 g/mol. The zero-order valence-corrected chi connectivity index (χ0v) is 25.7. The summed E-state index contributed by atoms with van der Waals surface area (Å²) in [6.45, 7) is 4.05. The number of carbonyl (C=O) groups is 1. The van der Waals surface area contributed by atoms with Crippen LogP contribution in [0.3, 0.4) is 0 Å². The molecule has 0 amide bonds. The molecule has 5 rings (SSSR count). The maximum absolute atomic E-state index is 14.0. The highest BCUT2D eigenvalue weighted by atomic mass is 79.9. The van der Waals surface area contributed by atoms with Gasteiger partial charge >= 0.3 is 5.97 Å². The zero-order valence-electron chi connectivity index (χ0n) is 22.5. The Labute approximate surface area is 254 Å². The Morgan fingerprint density at radius 2 is 1.88 bits per heavy atom. The topological polar surface area (TPSA) is 79.1 Å². The number of benzene rings is 3. The Balaban J connectivity index is 1.60. The Bertz CT molecular complexity index is 1830. The molecule has 0 radical (unpaired) electrons. The van der Waals surface area contributed by atoms with Crippen molar-refractivity contribution < 1.29 is 19.0 Å². The average Bonchev–Trinajstić information content (AvgIpc) is 3.26. The number of fused-ring (bicyclic) bond motifs is 1. The maximum atomic E-state index is 14.0. The molecule has 1 aliphatic rings. The number of hydrogen-bond acceptors (Lipinski definition) is 7. The van der Waals surface area contributed by atoms with Gasteiger partial charge in [0.2, 0.25) is 0 Å². The van der Waals surface area contributed by atoms with Crippen molar-refractivity contribution in [2.24, 2.45) is 4.99 Å². The number of methoxy groups -OCH3 is 1. The van der Waals surface area contributed by atoms with Crippen molar-refractivity contribution >= 4 is 50.9 Å². The fourth-order valence-corrected chi connectivity index (χ4v) is 6.30. The molecule has 3 aromatic carbocycles. The first kappa shape index (κ1) is 28.9. The van der Waals surface area contributed by atoms with Crippen molar-refractivity contribution in [2.75, 3.05) is 13.7 Å². The molecular formula is C31H26BrClN2O5S. The molecule has 4 aromatic rings. The van der Waals surface area contributed by atoms with Gasteiger partial charge in [0.1, 0.15) is 18.1 Å². The molecule has 1 aliphatic heterocycles. The number of halogens is 2. The summed E-state index contributed by atoms with van der Waals surface area (Å²) in [4.78, 5) is 32.3. The van der Waals surface area contributed by atoms with Gasteiger partial charge in [-0.1, -0.05) is 59.3 Å². The van der Waals surface area contributed by atoms with E-state index in [0.29, 0.717) is 48.2 Å². The number of nitrogens with zero attached hydrogens (tertiary/aromatic N) is 2. The van der Waals surface area contributed by atoms with Crippen molar-refractivity contribution in [3.63, 3.8) is 0 Å². The highest BCUT2D eigenvalue weighted by molar-refractivity contribution is 9.10. The van der Waals surface area contributed by atoms with Crippen molar-refractivity contribution in [1.82, 2.24) is 4.57 Å². The van der Waals surface area contributed by atoms with E-state index in [1.54, 1.807) is 37.7 Å². The predicted octanol–water partition coefficient (Wildman–Crippen LogP) is 5.80. The van der Waals surface area contributed by atoms with Crippen LogP contribution in [0.5, 0.6) is 11.5 Å². The van der Waals surface area contributed by atoms with Crippen LogP contribution in [0.4, 0.5) is 0 Å². The number of esters is 1. The van der Waals surface area contributed by atoms with Gasteiger partial charge in [-0.25, -0.2) is 9.79 Å². The number of para-hydroxylation sites is 1. The standard InChI is InChI=1S/C31H26BrClN2O5S/c1-4-39-30(37)27-18(2)34-31-35(28(27)21-11-14-25(38-3)23(32)15-21)29(36)26(41-31)16-20-7-5-6-8-24(20)40-17-19-9-12-22(33)13-10-19/h5-16,28H,4,17H2,1-3H3/b26-16+/t28-/m0/s1. The molecule has 1 aromatic heterocycles. The second-order valence-corrected chi connectivity index (χ2v) is 11.4. The first-order valence-electron chi connectivity index (χ1n) is 12.8.